The fraction of sp³-hybridized carbons (Fsp3) is 0.731. The molecule has 0 heterocycles. The summed E-state index contributed by atoms with van der Waals surface area (Å²) in [5, 5.41) is 0. The van der Waals surface area contributed by atoms with Crippen molar-refractivity contribution in [1.82, 2.24) is 0 Å². The van der Waals surface area contributed by atoms with Crippen LogP contribution in [0.1, 0.15) is 108 Å². The van der Waals surface area contributed by atoms with Crippen LogP contribution in [-0.4, -0.2) is 12.1 Å². The molecule has 0 unspecified atom stereocenters. The molecular formula is C26H44O2. The predicted octanol–water partition coefficient (Wildman–Crippen LogP) is 7.51. The Morgan fingerprint density at radius 1 is 0.750 bits per heavy atom. The number of benzene rings is 1. The fourth-order valence-corrected chi connectivity index (χ4v) is 3.85. The molecule has 0 saturated heterocycles. The van der Waals surface area contributed by atoms with Crippen molar-refractivity contribution in [3.05, 3.63) is 34.4 Å². The van der Waals surface area contributed by atoms with Gasteiger partial charge in [0.2, 0.25) is 0 Å². The van der Waals surface area contributed by atoms with Gasteiger partial charge in [0, 0.05) is 0 Å². The van der Waals surface area contributed by atoms with Crippen molar-refractivity contribution in [2.75, 3.05) is 0 Å². The highest BCUT2D eigenvalue weighted by molar-refractivity contribution is 5.39. The summed E-state index contributed by atoms with van der Waals surface area (Å²) in [6.07, 6.45) is 12.1. The summed E-state index contributed by atoms with van der Waals surface area (Å²) in [6, 6.07) is 4.72. The number of carbonyl (C=O) groups excluding carboxylic acids is 1. The number of rotatable bonds is 13. The maximum atomic E-state index is 10.5. The van der Waals surface area contributed by atoms with Crippen LogP contribution in [-0.2, 0) is 22.4 Å². The van der Waals surface area contributed by atoms with E-state index in [1.165, 1.54) is 67.2 Å². The van der Waals surface area contributed by atoms with Crippen LogP contribution >= 0.6 is 0 Å². The number of hydrogen-bond donors (Lipinski definition) is 0. The first-order valence-corrected chi connectivity index (χ1v) is 11.3. The molecule has 2 heteroatoms. The van der Waals surface area contributed by atoms with Gasteiger partial charge in [-0.2, -0.15) is 0 Å². The Morgan fingerprint density at radius 2 is 1.21 bits per heavy atom. The highest BCUT2D eigenvalue weighted by Gasteiger charge is 2.17. The zero-order valence-corrected chi connectivity index (χ0v) is 19.6. The fourth-order valence-electron chi connectivity index (χ4n) is 3.85. The van der Waals surface area contributed by atoms with Crippen molar-refractivity contribution in [2.45, 2.75) is 118 Å². The molecule has 0 amide bonds. The third-order valence-corrected chi connectivity index (χ3v) is 5.98. The van der Waals surface area contributed by atoms with Crippen LogP contribution in [0.4, 0.5) is 0 Å². The number of aryl methyl sites for hydroxylation is 2. The van der Waals surface area contributed by atoms with E-state index in [0.717, 1.165) is 19.3 Å². The van der Waals surface area contributed by atoms with Gasteiger partial charge in [0.05, 0.1) is 0 Å². The number of ether oxygens (including phenoxy) is 1. The maximum Gasteiger partial charge on any atom is 0.293 e. The van der Waals surface area contributed by atoms with Crippen LogP contribution in [0.25, 0.3) is 0 Å². The Kier molecular flexibility index (Phi) is 10.3. The molecule has 0 aromatic heterocycles. The zero-order chi connectivity index (χ0) is 21.2. The highest BCUT2D eigenvalue weighted by Crippen LogP contribution is 2.25. The molecule has 0 saturated carbocycles. The second kappa shape index (κ2) is 11.6. The molecule has 0 atom stereocenters. The lowest BCUT2D eigenvalue weighted by Gasteiger charge is -2.22. The molecule has 0 bridgehead atoms. The van der Waals surface area contributed by atoms with E-state index in [0.29, 0.717) is 11.9 Å². The van der Waals surface area contributed by atoms with Crippen molar-refractivity contribution >= 4 is 6.47 Å². The lowest BCUT2D eigenvalue weighted by molar-refractivity contribution is -0.140. The van der Waals surface area contributed by atoms with E-state index in [1.807, 2.05) is 13.8 Å². The van der Waals surface area contributed by atoms with Crippen molar-refractivity contribution in [3.63, 3.8) is 0 Å². The van der Waals surface area contributed by atoms with Gasteiger partial charge in [0.15, 0.2) is 0 Å². The summed E-state index contributed by atoms with van der Waals surface area (Å²) < 4.78 is 5.13. The highest BCUT2D eigenvalue weighted by atomic mass is 16.5. The molecule has 1 aromatic rings. The van der Waals surface area contributed by atoms with Gasteiger partial charge >= 0.3 is 0 Å². The Balaban J connectivity index is 2.39. The van der Waals surface area contributed by atoms with Crippen LogP contribution in [0, 0.1) is 19.3 Å². The quantitative estimate of drug-likeness (QED) is 0.258. The number of unbranched alkanes of at least 4 members (excludes halogenated alkanes) is 4. The van der Waals surface area contributed by atoms with E-state index < -0.39 is 0 Å². The van der Waals surface area contributed by atoms with E-state index in [2.05, 4.69) is 46.8 Å². The SMILES string of the molecule is Cc1c(CCCCCC(C)(C)C)ccc(CCCCCC(C)(C)OC=O)c1C. The Morgan fingerprint density at radius 3 is 1.64 bits per heavy atom. The Bertz CT molecular complexity index is 593. The average Bonchev–Trinajstić information content (AvgIpc) is 2.58. The molecule has 0 N–H and O–H groups in total. The molecule has 160 valence electrons. The van der Waals surface area contributed by atoms with Crippen molar-refractivity contribution in [1.29, 1.82) is 0 Å². The Labute approximate surface area is 174 Å². The summed E-state index contributed by atoms with van der Waals surface area (Å²) in [5.41, 5.74) is 6.14. The first-order valence-electron chi connectivity index (χ1n) is 11.3. The van der Waals surface area contributed by atoms with E-state index in [4.69, 9.17) is 4.74 Å². The maximum absolute atomic E-state index is 10.5. The molecule has 0 aliphatic rings. The molecule has 1 aromatic carbocycles. The molecule has 28 heavy (non-hydrogen) atoms. The second-order valence-electron chi connectivity index (χ2n) is 10.3. The topological polar surface area (TPSA) is 26.3 Å². The van der Waals surface area contributed by atoms with Crippen molar-refractivity contribution < 1.29 is 9.53 Å². The monoisotopic (exact) mass is 388 g/mol. The van der Waals surface area contributed by atoms with Crippen LogP contribution in [0.2, 0.25) is 0 Å². The summed E-state index contributed by atoms with van der Waals surface area (Å²) in [6.45, 7) is 16.1. The minimum absolute atomic E-state index is 0.331. The van der Waals surface area contributed by atoms with E-state index >= 15 is 0 Å². The van der Waals surface area contributed by atoms with Crippen LogP contribution in [0.5, 0.6) is 0 Å². The van der Waals surface area contributed by atoms with Gasteiger partial charge in [-0.05, 0) is 100 Å². The lowest BCUT2D eigenvalue weighted by atomic mass is 9.88. The number of carbonyl (C=O) groups is 1. The smallest absolute Gasteiger partial charge is 0.293 e. The molecule has 0 aliphatic heterocycles. The third kappa shape index (κ3) is 9.75. The number of hydrogen-bond acceptors (Lipinski definition) is 2. The summed E-state index contributed by atoms with van der Waals surface area (Å²) in [7, 11) is 0. The minimum Gasteiger partial charge on any atom is -0.462 e. The predicted molar refractivity (Wildman–Crippen MR) is 121 cm³/mol. The first kappa shape index (κ1) is 24.7. The van der Waals surface area contributed by atoms with Crippen LogP contribution in [0.3, 0.4) is 0 Å². The van der Waals surface area contributed by atoms with Gasteiger partial charge in [0.1, 0.15) is 5.60 Å². The van der Waals surface area contributed by atoms with Gasteiger partial charge in [-0.25, -0.2) is 0 Å². The van der Waals surface area contributed by atoms with Gasteiger partial charge in [0.25, 0.3) is 6.47 Å². The lowest BCUT2D eigenvalue weighted by Crippen LogP contribution is -2.23. The molecule has 0 aliphatic carbocycles. The average molecular weight is 389 g/mol. The van der Waals surface area contributed by atoms with Gasteiger partial charge in [-0.3, -0.25) is 4.79 Å². The third-order valence-electron chi connectivity index (χ3n) is 5.98. The first-order chi connectivity index (χ1) is 13.1. The normalized spacial score (nSPS) is 12.2. The second-order valence-corrected chi connectivity index (χ2v) is 10.3. The molecular weight excluding hydrogens is 344 g/mol. The zero-order valence-electron chi connectivity index (χ0n) is 19.6. The van der Waals surface area contributed by atoms with Gasteiger partial charge in [-0.15, -0.1) is 0 Å². The van der Waals surface area contributed by atoms with Gasteiger partial charge < -0.3 is 4.74 Å². The van der Waals surface area contributed by atoms with E-state index in [9.17, 15) is 4.79 Å². The van der Waals surface area contributed by atoms with Crippen LogP contribution < -0.4 is 0 Å². The standard InChI is InChI=1S/C26H44O2/c1-21-22(2)24(15-11-9-13-19-26(6,7)28-20-27)17-16-23(21)14-10-8-12-18-25(3,4)5/h16-17,20H,8-15,18-19H2,1-7H3. The largest absolute Gasteiger partial charge is 0.462 e. The van der Waals surface area contributed by atoms with E-state index in [-0.39, 0.29) is 5.60 Å². The molecule has 0 radical (unpaired) electrons. The minimum atomic E-state index is -0.331. The molecule has 1 rings (SSSR count). The summed E-state index contributed by atoms with van der Waals surface area (Å²) in [5.74, 6) is 0. The van der Waals surface area contributed by atoms with Gasteiger partial charge in [-0.1, -0.05) is 52.2 Å². The summed E-state index contributed by atoms with van der Waals surface area (Å²) >= 11 is 0. The molecule has 2 nitrogen and oxygen atoms in total. The van der Waals surface area contributed by atoms with Crippen molar-refractivity contribution in [2.24, 2.45) is 5.41 Å². The Hall–Kier alpha value is -1.31. The van der Waals surface area contributed by atoms with Crippen molar-refractivity contribution in [3.8, 4) is 0 Å². The molecule has 0 spiro atoms. The summed E-state index contributed by atoms with van der Waals surface area (Å²) in [4.78, 5) is 10.5. The van der Waals surface area contributed by atoms with E-state index in [1.54, 1.807) is 0 Å². The van der Waals surface area contributed by atoms with Crippen LogP contribution in [0.15, 0.2) is 12.1 Å². The molecule has 0 fully saturated rings.